The second kappa shape index (κ2) is 8.10. The number of pyridine rings is 1. The number of amides is 1. The van der Waals surface area contributed by atoms with E-state index in [0.717, 1.165) is 49.0 Å². The molecule has 4 saturated carbocycles. The normalized spacial score (nSPS) is 30.0. The summed E-state index contributed by atoms with van der Waals surface area (Å²) in [6, 6.07) is 11.7. The predicted molar refractivity (Wildman–Crippen MR) is 119 cm³/mol. The zero-order valence-electron chi connectivity index (χ0n) is 18.0. The summed E-state index contributed by atoms with van der Waals surface area (Å²) < 4.78 is 5.30. The number of nitriles is 1. The van der Waals surface area contributed by atoms with E-state index in [9.17, 15) is 9.90 Å². The first kappa shape index (κ1) is 20.8. The van der Waals surface area contributed by atoms with Crippen LogP contribution in [0.15, 0.2) is 36.5 Å². The number of rotatable bonds is 7. The van der Waals surface area contributed by atoms with Gasteiger partial charge in [-0.05, 0) is 73.6 Å². The van der Waals surface area contributed by atoms with Gasteiger partial charge in [-0.15, -0.1) is 0 Å². The van der Waals surface area contributed by atoms with Crippen LogP contribution in [0, 0.1) is 29.1 Å². The fraction of sp³-hybridized carbons (Fsp3) is 0.480. The van der Waals surface area contributed by atoms with Crippen LogP contribution in [0.1, 0.15) is 53.7 Å². The minimum Gasteiger partial charge on any atom is -0.479 e. The molecule has 7 nitrogen and oxygen atoms in total. The van der Waals surface area contributed by atoms with Gasteiger partial charge in [-0.25, -0.2) is 0 Å². The number of benzene rings is 1. The van der Waals surface area contributed by atoms with E-state index in [2.05, 4.69) is 10.3 Å². The highest BCUT2D eigenvalue weighted by atomic mass is 16.5. The van der Waals surface area contributed by atoms with Gasteiger partial charge < -0.3 is 20.9 Å². The molecule has 4 N–H and O–H groups in total. The smallest absolute Gasteiger partial charge is 0.252 e. The fourth-order valence-electron chi connectivity index (χ4n) is 6.34. The van der Waals surface area contributed by atoms with E-state index in [0.29, 0.717) is 35.5 Å². The molecule has 1 amide bonds. The summed E-state index contributed by atoms with van der Waals surface area (Å²) in [6.45, 7) is 0.0197. The van der Waals surface area contributed by atoms with Gasteiger partial charge in [0.05, 0.1) is 16.9 Å². The van der Waals surface area contributed by atoms with Crippen molar-refractivity contribution in [3.05, 3.63) is 53.3 Å². The van der Waals surface area contributed by atoms with Gasteiger partial charge in [-0.1, -0.05) is 12.1 Å². The van der Waals surface area contributed by atoms with Crippen molar-refractivity contribution in [1.29, 1.82) is 5.26 Å². The molecule has 4 fully saturated rings. The number of carbonyl (C=O) groups excluding carboxylic acids is 1. The molecule has 4 bridgehead atoms. The number of aromatic nitrogens is 1. The molecule has 0 spiro atoms. The monoisotopic (exact) mass is 432 g/mol. The van der Waals surface area contributed by atoms with E-state index in [1.165, 1.54) is 0 Å². The third-order valence-electron chi connectivity index (χ3n) is 7.40. The van der Waals surface area contributed by atoms with E-state index in [1.54, 1.807) is 6.20 Å². The number of hydrogen-bond acceptors (Lipinski definition) is 6. The molecule has 7 heteroatoms. The van der Waals surface area contributed by atoms with Crippen molar-refractivity contribution in [2.24, 2.45) is 23.5 Å². The lowest BCUT2D eigenvalue weighted by atomic mass is 9.52. The van der Waals surface area contributed by atoms with E-state index in [1.807, 2.05) is 36.4 Å². The number of anilines is 1. The molecule has 1 aromatic carbocycles. The number of nitrogens with two attached hydrogens (primary N) is 1. The number of hydrogen-bond donors (Lipinski definition) is 3. The topological polar surface area (TPSA) is 121 Å². The minimum absolute atomic E-state index is 0.0197. The molecule has 6 rings (SSSR count). The van der Waals surface area contributed by atoms with Crippen molar-refractivity contribution in [1.82, 2.24) is 4.98 Å². The maximum atomic E-state index is 12.1. The Labute approximate surface area is 187 Å². The fourth-order valence-corrected chi connectivity index (χ4v) is 6.34. The maximum Gasteiger partial charge on any atom is 0.252 e. The van der Waals surface area contributed by atoms with Crippen molar-refractivity contribution < 1.29 is 14.6 Å². The Morgan fingerprint density at radius 1 is 1.25 bits per heavy atom. The molecule has 0 radical (unpaired) electrons. The van der Waals surface area contributed by atoms with Crippen LogP contribution in [-0.4, -0.2) is 34.2 Å². The second-order valence-corrected chi connectivity index (χ2v) is 9.72. The second-order valence-electron chi connectivity index (χ2n) is 9.72. The first-order valence-corrected chi connectivity index (χ1v) is 11.3. The minimum atomic E-state index is -0.493. The van der Waals surface area contributed by atoms with Crippen molar-refractivity contribution in [3.8, 4) is 11.8 Å². The molecule has 1 aromatic heterocycles. The molecular formula is C25H28N4O3. The van der Waals surface area contributed by atoms with Crippen LogP contribution in [0.25, 0.3) is 0 Å². The van der Waals surface area contributed by atoms with Crippen LogP contribution in [-0.2, 0) is 6.42 Å². The van der Waals surface area contributed by atoms with Crippen molar-refractivity contribution in [2.45, 2.75) is 50.2 Å². The molecule has 5 atom stereocenters. The molecule has 4 aliphatic carbocycles. The highest BCUT2D eigenvalue weighted by Crippen LogP contribution is 2.56. The Bertz CT molecular complexity index is 1050. The Kier molecular flexibility index (Phi) is 5.26. The number of nitrogens with one attached hydrogen (secondary N) is 1. The molecule has 2 aromatic rings. The number of primary amides is 1. The van der Waals surface area contributed by atoms with Crippen LogP contribution in [0.4, 0.5) is 5.69 Å². The summed E-state index contributed by atoms with van der Waals surface area (Å²) in [5, 5.41) is 23.1. The van der Waals surface area contributed by atoms with Crippen LogP contribution in [0.2, 0.25) is 0 Å². The lowest BCUT2D eigenvalue weighted by Crippen LogP contribution is -2.59. The highest BCUT2D eigenvalue weighted by molar-refractivity contribution is 5.98. The summed E-state index contributed by atoms with van der Waals surface area (Å²) in [5.74, 6) is 1.62. The van der Waals surface area contributed by atoms with E-state index in [4.69, 9.17) is 15.7 Å². The third kappa shape index (κ3) is 4.03. The van der Waals surface area contributed by atoms with Gasteiger partial charge in [0.2, 0.25) is 0 Å². The summed E-state index contributed by atoms with van der Waals surface area (Å²) in [4.78, 5) is 16.5. The SMILES string of the molecule is N#CCOc1ccc(Cc2cc(NC3[C@@H]4CC5C[C@H]3CC(O)(C5)C4)c(C(N)=O)cn2)cc1. The van der Waals surface area contributed by atoms with Crippen LogP contribution in [0.5, 0.6) is 5.75 Å². The number of aliphatic hydroxyl groups is 1. The Morgan fingerprint density at radius 3 is 2.59 bits per heavy atom. The lowest BCUT2D eigenvalue weighted by Gasteiger charge is -2.58. The average molecular weight is 433 g/mol. The number of ether oxygens (including phenoxy) is 1. The first-order valence-electron chi connectivity index (χ1n) is 11.3. The van der Waals surface area contributed by atoms with Gasteiger partial charge in [-0.2, -0.15) is 5.26 Å². The summed E-state index contributed by atoms with van der Waals surface area (Å²) >= 11 is 0. The number of carbonyl (C=O) groups is 1. The summed E-state index contributed by atoms with van der Waals surface area (Å²) in [7, 11) is 0. The van der Waals surface area contributed by atoms with Crippen LogP contribution in [0.3, 0.4) is 0 Å². The molecule has 4 aliphatic rings. The largest absolute Gasteiger partial charge is 0.479 e. The van der Waals surface area contributed by atoms with Crippen molar-refractivity contribution in [2.75, 3.05) is 11.9 Å². The van der Waals surface area contributed by atoms with E-state index in [-0.39, 0.29) is 12.6 Å². The highest BCUT2D eigenvalue weighted by Gasteiger charge is 2.54. The standard InChI is InChI=1S/C25H28N4O3/c26-5-6-32-20-3-1-15(2-4-20)9-19-10-22(21(14-28-19)24(27)30)29-23-17-7-16-8-18(23)13-25(31,11-16)12-17/h1-4,10,14,16-18,23,31H,6-9,11-13H2,(H2,27,30)(H,28,29)/t16?,17-,18+,23?,25?. The van der Waals surface area contributed by atoms with Gasteiger partial charge in [-0.3, -0.25) is 9.78 Å². The van der Waals surface area contributed by atoms with Gasteiger partial charge in [0.15, 0.2) is 6.61 Å². The Balaban J connectivity index is 1.35. The number of nitrogens with zero attached hydrogens (tertiary/aromatic N) is 2. The predicted octanol–water partition coefficient (Wildman–Crippen LogP) is 3.03. The quantitative estimate of drug-likeness (QED) is 0.618. The Morgan fingerprint density at radius 2 is 1.97 bits per heavy atom. The van der Waals surface area contributed by atoms with Gasteiger partial charge >= 0.3 is 0 Å². The van der Waals surface area contributed by atoms with Gasteiger partial charge in [0.1, 0.15) is 11.8 Å². The first-order chi connectivity index (χ1) is 15.4. The van der Waals surface area contributed by atoms with E-state index >= 15 is 0 Å². The molecule has 1 heterocycles. The Hall–Kier alpha value is -3.11. The molecule has 0 aliphatic heterocycles. The molecule has 3 unspecified atom stereocenters. The third-order valence-corrected chi connectivity index (χ3v) is 7.40. The van der Waals surface area contributed by atoms with Crippen LogP contribution < -0.4 is 15.8 Å². The van der Waals surface area contributed by atoms with Crippen LogP contribution >= 0.6 is 0 Å². The van der Waals surface area contributed by atoms with Crippen molar-refractivity contribution >= 4 is 11.6 Å². The zero-order valence-corrected chi connectivity index (χ0v) is 18.0. The van der Waals surface area contributed by atoms with Gasteiger partial charge in [0.25, 0.3) is 5.91 Å². The molecule has 0 saturated heterocycles. The summed E-state index contributed by atoms with van der Waals surface area (Å²) in [6.07, 6.45) is 7.06. The molecule has 32 heavy (non-hydrogen) atoms. The average Bonchev–Trinajstić information content (AvgIpc) is 2.74. The molecule has 166 valence electrons. The molecular weight excluding hydrogens is 404 g/mol. The van der Waals surface area contributed by atoms with E-state index < -0.39 is 11.5 Å². The lowest BCUT2D eigenvalue weighted by molar-refractivity contribution is -0.129. The zero-order chi connectivity index (χ0) is 22.3. The maximum absolute atomic E-state index is 12.1. The van der Waals surface area contributed by atoms with Crippen molar-refractivity contribution in [3.63, 3.8) is 0 Å². The summed E-state index contributed by atoms with van der Waals surface area (Å²) in [5.41, 5.74) is 8.19. The van der Waals surface area contributed by atoms with Gasteiger partial charge in [0, 0.05) is 24.4 Å².